The first-order chi connectivity index (χ1) is 4.75. The summed E-state index contributed by atoms with van der Waals surface area (Å²) in [6.45, 7) is 0. The van der Waals surface area contributed by atoms with Crippen molar-refractivity contribution in [2.75, 3.05) is 0 Å². The quantitative estimate of drug-likeness (QED) is 0.741. The van der Waals surface area contributed by atoms with E-state index in [1.807, 2.05) is 0 Å². The Labute approximate surface area is 80.1 Å². The van der Waals surface area contributed by atoms with Gasteiger partial charge < -0.3 is 0 Å². The van der Waals surface area contributed by atoms with E-state index in [2.05, 4.69) is 3.50 Å². The summed E-state index contributed by atoms with van der Waals surface area (Å²) in [4.78, 5) is 0. The van der Waals surface area contributed by atoms with Crippen molar-refractivity contribution in [3.8, 4) is 0 Å². The van der Waals surface area contributed by atoms with Crippen molar-refractivity contribution < 1.29 is 19.6 Å². The SMILES string of the molecule is Clc1cccc(Cl)c1[N]=[W]. The fourth-order valence-electron chi connectivity index (χ4n) is 0.576. The summed E-state index contributed by atoms with van der Waals surface area (Å²) in [5, 5.41) is 1.23. The van der Waals surface area contributed by atoms with Crippen LogP contribution in [0.15, 0.2) is 21.7 Å². The summed E-state index contributed by atoms with van der Waals surface area (Å²) >= 11 is 12.6. The van der Waals surface area contributed by atoms with E-state index in [0.717, 1.165) is 19.6 Å². The second-order valence-corrected chi connectivity index (χ2v) is 3.13. The van der Waals surface area contributed by atoms with E-state index >= 15 is 0 Å². The number of benzene rings is 1. The molecule has 4 heteroatoms. The Morgan fingerprint density at radius 3 is 2.00 bits per heavy atom. The second-order valence-electron chi connectivity index (χ2n) is 1.66. The molecular formula is C6H3Cl2NW. The minimum absolute atomic E-state index is 0.613. The fraction of sp³-hybridized carbons (Fsp3) is 0. The van der Waals surface area contributed by atoms with Crippen molar-refractivity contribution in [1.29, 1.82) is 0 Å². The molecule has 10 heavy (non-hydrogen) atoms. The first-order valence-electron chi connectivity index (χ1n) is 2.53. The van der Waals surface area contributed by atoms with Gasteiger partial charge in [-0.15, -0.1) is 0 Å². The molecule has 0 aliphatic heterocycles. The molecule has 0 heterocycles. The molecule has 0 aromatic heterocycles. The molecule has 0 amide bonds. The van der Waals surface area contributed by atoms with Crippen LogP contribution in [0.4, 0.5) is 5.69 Å². The zero-order chi connectivity index (χ0) is 7.56. The molecule has 1 rings (SSSR count). The van der Waals surface area contributed by atoms with Crippen LogP contribution in [0.1, 0.15) is 0 Å². The van der Waals surface area contributed by atoms with Gasteiger partial charge in [0.05, 0.1) is 0 Å². The van der Waals surface area contributed by atoms with E-state index in [9.17, 15) is 0 Å². The van der Waals surface area contributed by atoms with Gasteiger partial charge in [-0.1, -0.05) is 0 Å². The fourth-order valence-corrected chi connectivity index (χ4v) is 2.17. The second kappa shape index (κ2) is 3.61. The summed E-state index contributed by atoms with van der Waals surface area (Å²) in [7, 11) is 0. The van der Waals surface area contributed by atoms with Crippen LogP contribution in [-0.4, -0.2) is 0 Å². The van der Waals surface area contributed by atoms with Crippen LogP contribution in [0.2, 0.25) is 10.0 Å². The van der Waals surface area contributed by atoms with Gasteiger partial charge in [0, 0.05) is 0 Å². The van der Waals surface area contributed by atoms with Crippen molar-refractivity contribution in [3.63, 3.8) is 0 Å². The molecule has 0 aliphatic rings. The predicted octanol–water partition coefficient (Wildman–Crippen LogP) is 3.36. The van der Waals surface area contributed by atoms with Crippen molar-refractivity contribution >= 4 is 28.9 Å². The third kappa shape index (κ3) is 1.66. The van der Waals surface area contributed by atoms with Gasteiger partial charge in [-0.3, -0.25) is 0 Å². The molecule has 1 aromatic carbocycles. The first-order valence-corrected chi connectivity index (χ1v) is 4.60. The molecule has 0 saturated heterocycles. The van der Waals surface area contributed by atoms with Crippen molar-refractivity contribution in [2.24, 2.45) is 3.50 Å². The molecule has 0 bridgehead atoms. The van der Waals surface area contributed by atoms with Gasteiger partial charge in [0.25, 0.3) is 0 Å². The van der Waals surface area contributed by atoms with Gasteiger partial charge >= 0.3 is 80.3 Å². The average Bonchev–Trinajstić information content (AvgIpc) is 1.88. The van der Waals surface area contributed by atoms with Crippen LogP contribution >= 0.6 is 23.2 Å². The standard InChI is InChI=1S/C6H3Cl2N.W/c7-4-2-1-3-5(8)6(4)9;/h1-3H;. The molecule has 52 valence electrons. The van der Waals surface area contributed by atoms with Crippen LogP contribution in [0, 0.1) is 0 Å². The van der Waals surface area contributed by atoms with E-state index in [-0.39, 0.29) is 0 Å². The number of rotatable bonds is 1. The third-order valence-corrected chi connectivity index (χ3v) is 2.29. The minimum atomic E-state index is 0.613. The van der Waals surface area contributed by atoms with E-state index in [4.69, 9.17) is 23.2 Å². The van der Waals surface area contributed by atoms with Crippen LogP contribution in [0.5, 0.6) is 0 Å². The molecule has 0 fully saturated rings. The zero-order valence-corrected chi connectivity index (χ0v) is 9.29. The van der Waals surface area contributed by atoms with E-state index in [1.165, 1.54) is 0 Å². The van der Waals surface area contributed by atoms with Gasteiger partial charge in [0.2, 0.25) is 0 Å². The van der Waals surface area contributed by atoms with E-state index in [1.54, 1.807) is 18.2 Å². The number of hydrogen-bond acceptors (Lipinski definition) is 1. The molecule has 0 saturated carbocycles. The number of nitrogens with zero attached hydrogens (tertiary/aromatic N) is 1. The van der Waals surface area contributed by atoms with Crippen LogP contribution < -0.4 is 0 Å². The molecule has 1 nitrogen and oxygen atoms in total. The predicted molar refractivity (Wildman–Crippen MR) is 38.6 cm³/mol. The van der Waals surface area contributed by atoms with E-state index < -0.39 is 0 Å². The maximum absolute atomic E-state index is 5.76. The molecule has 1 aromatic rings. The molecule has 0 unspecified atom stereocenters. The van der Waals surface area contributed by atoms with Gasteiger partial charge in [-0.2, -0.15) is 0 Å². The van der Waals surface area contributed by atoms with Crippen LogP contribution in [0.25, 0.3) is 0 Å². The summed E-state index contributed by atoms with van der Waals surface area (Å²) in [5.41, 5.74) is 0.695. The zero-order valence-electron chi connectivity index (χ0n) is 4.84. The van der Waals surface area contributed by atoms with Crippen LogP contribution in [0.3, 0.4) is 0 Å². The molecule has 0 atom stereocenters. The number of halogens is 2. The normalized spacial score (nSPS) is 9.40. The Balaban J connectivity index is 3.30. The Morgan fingerprint density at radius 2 is 1.70 bits per heavy atom. The molecular weight excluding hydrogens is 341 g/mol. The third-order valence-electron chi connectivity index (χ3n) is 1.03. The van der Waals surface area contributed by atoms with Gasteiger partial charge in [0.1, 0.15) is 0 Å². The Hall–Kier alpha value is 0.288. The van der Waals surface area contributed by atoms with E-state index in [0.29, 0.717) is 15.7 Å². The van der Waals surface area contributed by atoms with Crippen molar-refractivity contribution in [2.45, 2.75) is 0 Å². The van der Waals surface area contributed by atoms with Crippen molar-refractivity contribution in [3.05, 3.63) is 28.2 Å². The Morgan fingerprint density at radius 1 is 1.20 bits per heavy atom. The Kier molecular flexibility index (Phi) is 3.03. The monoisotopic (exact) mass is 343 g/mol. The summed E-state index contributed by atoms with van der Waals surface area (Å²) in [6.07, 6.45) is 0. The molecule has 0 radical (unpaired) electrons. The summed E-state index contributed by atoms with van der Waals surface area (Å²) in [6, 6.07) is 5.35. The van der Waals surface area contributed by atoms with Gasteiger partial charge in [-0.25, -0.2) is 0 Å². The molecule has 0 spiro atoms. The summed E-state index contributed by atoms with van der Waals surface area (Å²) in [5.74, 6) is 0. The van der Waals surface area contributed by atoms with Gasteiger partial charge in [-0.05, 0) is 0 Å². The van der Waals surface area contributed by atoms with Gasteiger partial charge in [0.15, 0.2) is 0 Å². The van der Waals surface area contributed by atoms with Crippen molar-refractivity contribution in [1.82, 2.24) is 0 Å². The van der Waals surface area contributed by atoms with Crippen LogP contribution in [-0.2, 0) is 19.6 Å². The molecule has 0 N–H and O–H groups in total. The topological polar surface area (TPSA) is 12.4 Å². The first kappa shape index (κ1) is 8.39. The molecule has 0 aliphatic carbocycles. The number of hydrogen-bond donors (Lipinski definition) is 0. The average molecular weight is 344 g/mol. The Bertz CT molecular complexity index is 242. The maximum atomic E-state index is 5.76. The summed E-state index contributed by atoms with van der Waals surface area (Å²) < 4.78 is 3.99.